The Labute approximate surface area is 348 Å². The Morgan fingerprint density at radius 3 is 2.28 bits per heavy atom. The molecule has 0 unspecified atom stereocenters. The fourth-order valence-electron chi connectivity index (χ4n) is 6.89. The number of rotatable bonds is 16. The van der Waals surface area contributed by atoms with E-state index < -0.39 is 14.9 Å². The second-order valence-electron chi connectivity index (χ2n) is 14.3. The predicted molar refractivity (Wildman–Crippen MR) is 235 cm³/mol. The van der Waals surface area contributed by atoms with Gasteiger partial charge in [-0.15, -0.1) is 11.8 Å². The zero-order valence-electron chi connectivity index (χ0n) is 32.3. The summed E-state index contributed by atoms with van der Waals surface area (Å²) >= 11 is 7.79. The summed E-state index contributed by atoms with van der Waals surface area (Å²) in [6, 6.07) is 37.4. The summed E-state index contributed by atoms with van der Waals surface area (Å²) in [5.41, 5.74) is 4.54. The lowest BCUT2D eigenvalue weighted by Gasteiger charge is -2.37. The summed E-state index contributed by atoms with van der Waals surface area (Å²) in [6.45, 7) is 3.97. The first kappa shape index (κ1) is 40.6. The zero-order valence-corrected chi connectivity index (χ0v) is 34.7. The number of aromatic nitrogens is 2. The van der Waals surface area contributed by atoms with Crippen LogP contribution in [0, 0.1) is 10.1 Å². The standard InChI is InChI=1S/C43H45ClN8O4S2/c1-48(2)23-21-35(31-57-39-9-4-3-5-10-39)46-41-20-19-40(30-42(41)52(53)54)58(55,56)47-34-15-17-36(18-16-34)49-25-27-50(28-26-49)37-7-6-8-38(29-37)51-24-22-45-43(51)32-11-13-33(44)14-12-32/h3-20,22,24,29-30,35,46-47H,21,23,25-28,31H2,1-2H3/p+1/t35-/m1/s1. The number of anilines is 4. The Morgan fingerprint density at radius 1 is 0.879 bits per heavy atom. The van der Waals surface area contributed by atoms with E-state index in [1.165, 1.54) is 12.1 Å². The van der Waals surface area contributed by atoms with Crippen molar-refractivity contribution < 1.29 is 17.9 Å². The topological polar surface area (TPSA) is 131 Å². The highest BCUT2D eigenvalue weighted by molar-refractivity contribution is 7.99. The quantitative estimate of drug-likeness (QED) is 0.0383. The first-order valence-electron chi connectivity index (χ1n) is 19.0. The van der Waals surface area contributed by atoms with Crippen LogP contribution in [0.4, 0.5) is 28.4 Å². The van der Waals surface area contributed by atoms with Gasteiger partial charge in [0.05, 0.1) is 15.4 Å². The molecule has 7 rings (SSSR count). The van der Waals surface area contributed by atoms with Crippen molar-refractivity contribution in [3.05, 3.63) is 149 Å². The molecule has 15 heteroatoms. The number of sulfonamides is 1. The number of benzene rings is 5. The van der Waals surface area contributed by atoms with Crippen LogP contribution in [0.3, 0.4) is 0 Å². The van der Waals surface area contributed by atoms with Gasteiger partial charge in [-0.2, -0.15) is 4.57 Å². The molecule has 0 bridgehead atoms. The van der Waals surface area contributed by atoms with Crippen LogP contribution >= 0.6 is 23.4 Å². The average molecular weight is 838 g/mol. The summed E-state index contributed by atoms with van der Waals surface area (Å²) in [5, 5.41) is 16.3. The first-order chi connectivity index (χ1) is 28.0. The Kier molecular flexibility index (Phi) is 12.9. The molecule has 12 nitrogen and oxygen atoms in total. The van der Waals surface area contributed by atoms with Gasteiger partial charge in [0.25, 0.3) is 21.5 Å². The molecule has 1 aromatic heterocycles. The van der Waals surface area contributed by atoms with Crippen LogP contribution in [-0.2, 0) is 10.0 Å². The van der Waals surface area contributed by atoms with Crippen LogP contribution in [0.25, 0.3) is 17.1 Å². The lowest BCUT2D eigenvalue weighted by atomic mass is 10.2. The molecule has 1 saturated heterocycles. The Morgan fingerprint density at radius 2 is 1.59 bits per heavy atom. The van der Waals surface area contributed by atoms with Gasteiger partial charge in [-0.1, -0.05) is 35.9 Å². The molecular weight excluding hydrogens is 792 g/mol. The van der Waals surface area contributed by atoms with E-state index in [1.807, 2.05) is 93.2 Å². The normalized spacial score (nSPS) is 13.7. The number of nitro benzene ring substituents is 1. The summed E-state index contributed by atoms with van der Waals surface area (Å²) in [7, 11) is -0.156. The van der Waals surface area contributed by atoms with Crippen LogP contribution in [-0.4, -0.2) is 81.8 Å². The van der Waals surface area contributed by atoms with E-state index in [4.69, 9.17) is 11.6 Å². The molecule has 0 amide bonds. The molecule has 1 aliphatic heterocycles. The average Bonchev–Trinajstić information content (AvgIpc) is 3.73. The molecule has 5 aromatic carbocycles. The van der Waals surface area contributed by atoms with Gasteiger partial charge < -0.3 is 20.0 Å². The van der Waals surface area contributed by atoms with Gasteiger partial charge in [0.1, 0.15) is 23.8 Å². The number of imidazole rings is 1. The summed E-state index contributed by atoms with van der Waals surface area (Å²) < 4.78 is 31.8. The maximum absolute atomic E-state index is 13.5. The van der Waals surface area contributed by atoms with E-state index in [9.17, 15) is 18.5 Å². The minimum absolute atomic E-state index is 0.0941. The third-order valence-corrected chi connectivity index (χ3v) is 12.8. The van der Waals surface area contributed by atoms with Crippen molar-refractivity contribution in [2.45, 2.75) is 22.3 Å². The maximum Gasteiger partial charge on any atom is 0.293 e. The van der Waals surface area contributed by atoms with Gasteiger partial charge in [-0.25, -0.2) is 13.4 Å². The molecule has 2 heterocycles. The second-order valence-corrected chi connectivity index (χ2v) is 17.5. The van der Waals surface area contributed by atoms with Crippen molar-refractivity contribution in [1.82, 2.24) is 9.88 Å². The number of halogens is 1. The van der Waals surface area contributed by atoms with E-state index in [0.29, 0.717) is 16.5 Å². The summed E-state index contributed by atoms with van der Waals surface area (Å²) in [4.78, 5) is 22.7. The molecule has 3 N–H and O–H groups in total. The highest BCUT2D eigenvalue weighted by Gasteiger charge is 2.25. The van der Waals surface area contributed by atoms with E-state index in [0.717, 1.165) is 78.6 Å². The Hall–Kier alpha value is -5.54. The van der Waals surface area contributed by atoms with E-state index >= 15 is 0 Å². The van der Waals surface area contributed by atoms with Crippen molar-refractivity contribution in [2.24, 2.45) is 0 Å². The van der Waals surface area contributed by atoms with Crippen molar-refractivity contribution in [2.75, 3.05) is 72.4 Å². The van der Waals surface area contributed by atoms with Gasteiger partial charge >= 0.3 is 0 Å². The zero-order chi connectivity index (χ0) is 40.6. The first-order valence-corrected chi connectivity index (χ1v) is 21.8. The smallest absolute Gasteiger partial charge is 0.293 e. The molecule has 1 fully saturated rings. The highest BCUT2D eigenvalue weighted by atomic mass is 35.5. The predicted octanol–water partition coefficient (Wildman–Crippen LogP) is 8.17. The van der Waals surface area contributed by atoms with Crippen molar-refractivity contribution in [1.29, 1.82) is 0 Å². The van der Waals surface area contributed by atoms with Gasteiger partial charge in [-0.05, 0) is 112 Å². The molecule has 0 aliphatic carbocycles. The fourth-order valence-corrected chi connectivity index (χ4v) is 9.09. The van der Waals surface area contributed by atoms with Gasteiger partial charge in [0, 0.05) is 77.1 Å². The SMILES string of the molecule is CN(C)CC[C@H](CSc1ccccc1)Nc1ccc(S(=O)(=O)Nc2ccc(N3CCN(c4cccc(-[n+]5cc[nH]c5-c5ccc(Cl)cc5)c4)CC3)cc2)cc1[N+](=O)[O-]. The molecule has 58 heavy (non-hydrogen) atoms. The molecule has 1 atom stereocenters. The van der Waals surface area contributed by atoms with E-state index in [1.54, 1.807) is 23.9 Å². The number of piperazine rings is 1. The fraction of sp³-hybridized carbons (Fsp3) is 0.233. The Balaban J connectivity index is 0.974. The monoisotopic (exact) mass is 837 g/mol. The number of aromatic amines is 1. The Bertz CT molecular complexity index is 2420. The number of hydrogen-bond acceptors (Lipinski definition) is 9. The lowest BCUT2D eigenvalue weighted by Crippen LogP contribution is -2.46. The van der Waals surface area contributed by atoms with E-state index in [2.05, 4.69) is 58.6 Å². The number of H-pyrrole nitrogens is 1. The van der Waals surface area contributed by atoms with Crippen LogP contribution < -0.4 is 24.4 Å². The van der Waals surface area contributed by atoms with Gasteiger partial charge in [0.15, 0.2) is 0 Å². The number of thioether (sulfide) groups is 1. The molecule has 6 aromatic rings. The van der Waals surface area contributed by atoms with Crippen LogP contribution in [0.15, 0.2) is 144 Å². The molecule has 0 spiro atoms. The van der Waals surface area contributed by atoms with Crippen molar-refractivity contribution >= 4 is 61.8 Å². The van der Waals surface area contributed by atoms with Crippen LogP contribution in [0.1, 0.15) is 6.42 Å². The summed E-state index contributed by atoms with van der Waals surface area (Å²) in [6.07, 6.45) is 4.68. The second kappa shape index (κ2) is 18.4. The largest absolute Gasteiger partial charge is 0.376 e. The number of hydrogen-bond donors (Lipinski definition) is 3. The number of nitro groups is 1. The van der Waals surface area contributed by atoms with Gasteiger partial charge in [0.2, 0.25) is 0 Å². The third-order valence-electron chi connectivity index (χ3n) is 9.99. The van der Waals surface area contributed by atoms with Crippen molar-refractivity contribution in [3.8, 4) is 17.1 Å². The van der Waals surface area contributed by atoms with Crippen LogP contribution in [0.2, 0.25) is 5.02 Å². The van der Waals surface area contributed by atoms with Crippen LogP contribution in [0.5, 0.6) is 0 Å². The molecular formula is C43H46ClN8O4S2+. The molecule has 0 saturated carbocycles. The number of nitrogens with zero attached hydrogens (tertiary/aromatic N) is 5. The summed E-state index contributed by atoms with van der Waals surface area (Å²) in [5.74, 6) is 1.64. The highest BCUT2D eigenvalue weighted by Crippen LogP contribution is 2.31. The maximum atomic E-state index is 13.5. The van der Waals surface area contributed by atoms with E-state index in [-0.39, 0.29) is 22.3 Å². The minimum Gasteiger partial charge on any atom is -0.376 e. The molecule has 1 aliphatic rings. The third kappa shape index (κ3) is 10.1. The minimum atomic E-state index is -4.12. The molecule has 300 valence electrons. The number of nitrogens with one attached hydrogen (secondary N) is 3. The van der Waals surface area contributed by atoms with Crippen molar-refractivity contribution in [3.63, 3.8) is 0 Å². The molecule has 0 radical (unpaired) electrons. The lowest BCUT2D eigenvalue weighted by molar-refractivity contribution is -0.582. The van der Waals surface area contributed by atoms with Gasteiger partial charge in [-0.3, -0.25) is 14.8 Å².